The van der Waals surface area contributed by atoms with Gasteiger partial charge in [0.25, 0.3) is 0 Å². The standard InChI is InChI=1S/C21H22FN3O4S2/c22-16-5-7-17(8-6-16)31(28,29)24-13-11-23(12-14-24)20(26)9-10-25-18-3-1-2-4-19(18)30-15-21(25)27/h1-8H,9-15H2. The second-order valence-corrected chi connectivity index (χ2v) is 10.2. The summed E-state index contributed by atoms with van der Waals surface area (Å²) in [7, 11) is -3.72. The van der Waals surface area contributed by atoms with Crippen molar-refractivity contribution in [2.24, 2.45) is 0 Å². The highest BCUT2D eigenvalue weighted by Gasteiger charge is 2.31. The molecule has 0 aromatic heterocycles. The quantitative estimate of drug-likeness (QED) is 0.679. The van der Waals surface area contributed by atoms with Crippen LogP contribution >= 0.6 is 11.8 Å². The minimum absolute atomic E-state index is 0.0216. The lowest BCUT2D eigenvalue weighted by Gasteiger charge is -2.35. The Balaban J connectivity index is 1.34. The molecule has 7 nitrogen and oxygen atoms in total. The number of fused-ring (bicyclic) bond motifs is 1. The number of nitrogens with zero attached hydrogens (tertiary/aromatic N) is 3. The van der Waals surface area contributed by atoms with E-state index in [0.29, 0.717) is 12.3 Å². The Morgan fingerprint density at radius 3 is 2.39 bits per heavy atom. The molecule has 164 valence electrons. The maximum atomic E-state index is 13.1. The molecule has 10 heteroatoms. The van der Waals surface area contributed by atoms with Crippen molar-refractivity contribution >= 4 is 39.3 Å². The number of hydrogen-bond donors (Lipinski definition) is 0. The molecule has 2 aliphatic heterocycles. The largest absolute Gasteiger partial charge is 0.340 e. The first kappa shape index (κ1) is 21.8. The Hall–Kier alpha value is -2.43. The maximum absolute atomic E-state index is 13.1. The van der Waals surface area contributed by atoms with E-state index in [0.717, 1.165) is 22.7 Å². The first-order valence-electron chi connectivity index (χ1n) is 9.92. The molecule has 0 N–H and O–H groups in total. The fourth-order valence-corrected chi connectivity index (χ4v) is 6.06. The average molecular weight is 464 g/mol. The van der Waals surface area contributed by atoms with E-state index in [-0.39, 0.29) is 49.3 Å². The van der Waals surface area contributed by atoms with Crippen molar-refractivity contribution in [2.75, 3.05) is 43.4 Å². The summed E-state index contributed by atoms with van der Waals surface area (Å²) in [5, 5.41) is 0. The highest BCUT2D eigenvalue weighted by molar-refractivity contribution is 8.00. The van der Waals surface area contributed by atoms with Gasteiger partial charge in [0.1, 0.15) is 5.82 Å². The molecule has 1 fully saturated rings. The zero-order valence-electron chi connectivity index (χ0n) is 16.7. The van der Waals surface area contributed by atoms with E-state index >= 15 is 0 Å². The van der Waals surface area contributed by atoms with Gasteiger partial charge in [-0.15, -0.1) is 11.8 Å². The zero-order valence-corrected chi connectivity index (χ0v) is 18.4. The SMILES string of the molecule is O=C(CCN1C(=O)CSc2ccccc21)N1CCN(S(=O)(=O)c2ccc(F)cc2)CC1. The van der Waals surface area contributed by atoms with Crippen LogP contribution in [0.1, 0.15) is 6.42 Å². The summed E-state index contributed by atoms with van der Waals surface area (Å²) >= 11 is 1.49. The van der Waals surface area contributed by atoms with Crippen LogP contribution in [0.3, 0.4) is 0 Å². The van der Waals surface area contributed by atoms with Gasteiger partial charge in [0.05, 0.1) is 16.3 Å². The van der Waals surface area contributed by atoms with Crippen LogP contribution in [-0.2, 0) is 19.6 Å². The molecule has 0 aliphatic carbocycles. The van der Waals surface area contributed by atoms with E-state index in [2.05, 4.69) is 0 Å². The molecule has 4 rings (SSSR count). The van der Waals surface area contributed by atoms with Gasteiger partial charge in [-0.25, -0.2) is 12.8 Å². The van der Waals surface area contributed by atoms with Crippen LogP contribution in [0.5, 0.6) is 0 Å². The molecule has 0 saturated carbocycles. The fraction of sp³-hybridized carbons (Fsp3) is 0.333. The molecule has 2 aliphatic rings. The summed E-state index contributed by atoms with van der Waals surface area (Å²) in [6, 6.07) is 12.3. The number of para-hydroxylation sites is 1. The Kier molecular flexibility index (Phi) is 6.31. The molecule has 2 aromatic rings. The van der Waals surface area contributed by atoms with Crippen LogP contribution in [0.25, 0.3) is 0 Å². The number of piperazine rings is 1. The van der Waals surface area contributed by atoms with Gasteiger partial charge in [-0.2, -0.15) is 4.31 Å². The molecule has 1 saturated heterocycles. The molecule has 0 spiro atoms. The van der Waals surface area contributed by atoms with Crippen molar-refractivity contribution < 1.29 is 22.4 Å². The van der Waals surface area contributed by atoms with Crippen LogP contribution in [0.15, 0.2) is 58.3 Å². The smallest absolute Gasteiger partial charge is 0.243 e. The maximum Gasteiger partial charge on any atom is 0.243 e. The molecule has 2 heterocycles. The number of amides is 2. The predicted octanol–water partition coefficient (Wildman–Crippen LogP) is 2.19. The summed E-state index contributed by atoms with van der Waals surface area (Å²) in [5.41, 5.74) is 0.826. The van der Waals surface area contributed by atoms with Gasteiger partial charge in [0, 0.05) is 44.0 Å². The van der Waals surface area contributed by atoms with E-state index < -0.39 is 15.8 Å². The van der Waals surface area contributed by atoms with Crippen LogP contribution in [0.2, 0.25) is 0 Å². The predicted molar refractivity (Wildman–Crippen MR) is 116 cm³/mol. The van der Waals surface area contributed by atoms with Crippen molar-refractivity contribution in [1.29, 1.82) is 0 Å². The van der Waals surface area contributed by atoms with E-state index in [1.54, 1.807) is 9.80 Å². The fourth-order valence-electron chi connectivity index (χ4n) is 3.70. The number of carbonyl (C=O) groups is 2. The topological polar surface area (TPSA) is 78.0 Å². The number of anilines is 1. The van der Waals surface area contributed by atoms with E-state index in [1.807, 2.05) is 24.3 Å². The van der Waals surface area contributed by atoms with Crippen molar-refractivity contribution in [2.45, 2.75) is 16.2 Å². The summed E-state index contributed by atoms with van der Waals surface area (Å²) in [6.45, 7) is 1.20. The van der Waals surface area contributed by atoms with Crippen LogP contribution in [0, 0.1) is 5.82 Å². The Morgan fingerprint density at radius 1 is 1.00 bits per heavy atom. The van der Waals surface area contributed by atoms with Crippen LogP contribution in [-0.4, -0.2) is 67.9 Å². The van der Waals surface area contributed by atoms with Gasteiger partial charge in [0.15, 0.2) is 0 Å². The minimum Gasteiger partial charge on any atom is -0.340 e. The third-order valence-corrected chi connectivity index (χ3v) is 8.36. The molecule has 0 unspecified atom stereocenters. The molecule has 2 amide bonds. The number of benzene rings is 2. The van der Waals surface area contributed by atoms with Gasteiger partial charge < -0.3 is 9.80 Å². The zero-order chi connectivity index (χ0) is 22.0. The lowest BCUT2D eigenvalue weighted by Crippen LogP contribution is -2.51. The Labute approximate surface area is 184 Å². The Morgan fingerprint density at radius 2 is 1.68 bits per heavy atom. The lowest BCUT2D eigenvalue weighted by molar-refractivity contribution is -0.132. The first-order chi connectivity index (χ1) is 14.9. The molecule has 31 heavy (non-hydrogen) atoms. The number of rotatable bonds is 5. The van der Waals surface area contributed by atoms with E-state index in [1.165, 1.54) is 28.2 Å². The third kappa shape index (κ3) is 4.60. The van der Waals surface area contributed by atoms with Crippen LogP contribution in [0.4, 0.5) is 10.1 Å². The molecular formula is C21H22FN3O4S2. The highest BCUT2D eigenvalue weighted by atomic mass is 32.2. The van der Waals surface area contributed by atoms with E-state index in [4.69, 9.17) is 0 Å². The molecule has 2 aromatic carbocycles. The number of hydrogen-bond acceptors (Lipinski definition) is 5. The normalized spacial score (nSPS) is 17.5. The molecule has 0 radical (unpaired) electrons. The minimum atomic E-state index is -3.72. The molecular weight excluding hydrogens is 441 g/mol. The third-order valence-electron chi connectivity index (χ3n) is 5.40. The highest BCUT2D eigenvalue weighted by Crippen LogP contribution is 2.35. The van der Waals surface area contributed by atoms with Gasteiger partial charge in [-0.3, -0.25) is 9.59 Å². The van der Waals surface area contributed by atoms with Crippen LogP contribution < -0.4 is 4.90 Å². The van der Waals surface area contributed by atoms with Crippen molar-refractivity contribution in [1.82, 2.24) is 9.21 Å². The lowest BCUT2D eigenvalue weighted by atomic mass is 10.2. The first-order valence-corrected chi connectivity index (χ1v) is 12.3. The van der Waals surface area contributed by atoms with Crippen molar-refractivity contribution in [3.05, 3.63) is 54.3 Å². The van der Waals surface area contributed by atoms with E-state index in [9.17, 15) is 22.4 Å². The van der Waals surface area contributed by atoms with Gasteiger partial charge in [0.2, 0.25) is 21.8 Å². The van der Waals surface area contributed by atoms with Crippen molar-refractivity contribution in [3.63, 3.8) is 0 Å². The average Bonchev–Trinajstić information content (AvgIpc) is 2.78. The second kappa shape index (κ2) is 8.97. The molecule has 0 bridgehead atoms. The summed E-state index contributed by atoms with van der Waals surface area (Å²) in [5.74, 6) is -0.276. The number of sulfonamides is 1. The number of halogens is 1. The number of carbonyl (C=O) groups excluding carboxylic acids is 2. The monoisotopic (exact) mass is 463 g/mol. The summed E-state index contributed by atoms with van der Waals surface area (Å²) < 4.78 is 39.8. The van der Waals surface area contributed by atoms with Gasteiger partial charge in [-0.1, -0.05) is 12.1 Å². The summed E-state index contributed by atoms with van der Waals surface area (Å²) in [4.78, 5) is 29.4. The summed E-state index contributed by atoms with van der Waals surface area (Å²) in [6.07, 6.45) is 0.176. The molecule has 0 atom stereocenters. The number of thioether (sulfide) groups is 1. The van der Waals surface area contributed by atoms with Gasteiger partial charge >= 0.3 is 0 Å². The Bertz CT molecular complexity index is 1080. The van der Waals surface area contributed by atoms with Crippen molar-refractivity contribution in [3.8, 4) is 0 Å². The van der Waals surface area contributed by atoms with Gasteiger partial charge in [-0.05, 0) is 36.4 Å². The second-order valence-electron chi connectivity index (χ2n) is 7.29.